The fourth-order valence-electron chi connectivity index (χ4n) is 2.17. The van der Waals surface area contributed by atoms with Crippen molar-refractivity contribution in [2.45, 2.75) is 18.7 Å². The molecule has 0 amide bonds. The summed E-state index contributed by atoms with van der Waals surface area (Å²) in [7, 11) is -3.65. The van der Waals surface area contributed by atoms with Crippen LogP contribution in [-0.4, -0.2) is 21.6 Å². The lowest BCUT2D eigenvalue weighted by Crippen LogP contribution is -2.31. The zero-order valence-corrected chi connectivity index (χ0v) is 14.2. The molecule has 0 spiro atoms. The summed E-state index contributed by atoms with van der Waals surface area (Å²) in [5.41, 5.74) is 1.69. The first kappa shape index (κ1) is 17.1. The zero-order valence-electron chi connectivity index (χ0n) is 13.4. The van der Waals surface area contributed by atoms with Crippen molar-refractivity contribution in [3.8, 4) is 5.75 Å². The smallest absolute Gasteiger partial charge is 0.264 e. The predicted octanol–water partition coefficient (Wildman–Crippen LogP) is 3.78. The fraction of sp³-hybridized carbons (Fsp3) is 0.222. The highest BCUT2D eigenvalue weighted by Gasteiger charge is 2.23. The fourth-order valence-corrected chi connectivity index (χ4v) is 3.61. The Morgan fingerprint density at radius 3 is 2.22 bits per heavy atom. The summed E-state index contributed by atoms with van der Waals surface area (Å²) in [6.45, 7) is 8.25. The monoisotopic (exact) mass is 331 g/mol. The van der Waals surface area contributed by atoms with Gasteiger partial charge in [0, 0.05) is 0 Å². The maximum Gasteiger partial charge on any atom is 0.264 e. The van der Waals surface area contributed by atoms with Crippen molar-refractivity contribution in [1.29, 1.82) is 0 Å². The average molecular weight is 331 g/mol. The number of sulfonamides is 1. The molecule has 122 valence electrons. The second-order valence-corrected chi connectivity index (χ2v) is 6.93. The van der Waals surface area contributed by atoms with Crippen molar-refractivity contribution in [2.24, 2.45) is 0 Å². The van der Waals surface area contributed by atoms with Crippen LogP contribution < -0.4 is 9.04 Å². The van der Waals surface area contributed by atoms with E-state index in [1.165, 1.54) is 4.31 Å². The van der Waals surface area contributed by atoms with Crippen molar-refractivity contribution in [3.63, 3.8) is 0 Å². The van der Waals surface area contributed by atoms with E-state index in [0.717, 1.165) is 5.56 Å². The van der Waals surface area contributed by atoms with Crippen LogP contribution in [0.4, 0.5) is 5.69 Å². The van der Waals surface area contributed by atoms with Crippen LogP contribution in [0.5, 0.6) is 5.75 Å². The van der Waals surface area contributed by atoms with E-state index in [1.807, 2.05) is 26.0 Å². The lowest BCUT2D eigenvalue weighted by atomic mass is 10.2. The summed E-state index contributed by atoms with van der Waals surface area (Å²) in [5.74, 6) is 0.650. The molecular weight excluding hydrogens is 310 g/mol. The Balaban J connectivity index is 2.39. The Bertz CT molecular complexity index is 750. The van der Waals surface area contributed by atoms with Crippen molar-refractivity contribution >= 4 is 15.7 Å². The van der Waals surface area contributed by atoms with Crippen LogP contribution >= 0.6 is 0 Å². The third-order valence-electron chi connectivity index (χ3n) is 3.34. The van der Waals surface area contributed by atoms with E-state index in [9.17, 15) is 8.42 Å². The van der Waals surface area contributed by atoms with Crippen LogP contribution in [0.2, 0.25) is 0 Å². The van der Waals surface area contributed by atoms with E-state index < -0.39 is 10.0 Å². The summed E-state index contributed by atoms with van der Waals surface area (Å²) >= 11 is 0. The molecule has 0 N–H and O–H groups in total. The highest BCUT2D eigenvalue weighted by atomic mass is 32.2. The van der Waals surface area contributed by atoms with Crippen LogP contribution in [0.15, 0.2) is 66.1 Å². The van der Waals surface area contributed by atoms with Gasteiger partial charge in [-0.3, -0.25) is 4.31 Å². The number of hydrogen-bond acceptors (Lipinski definition) is 3. The Kier molecular flexibility index (Phi) is 5.45. The largest absolute Gasteiger partial charge is 0.494 e. The van der Waals surface area contributed by atoms with Gasteiger partial charge < -0.3 is 4.74 Å². The van der Waals surface area contributed by atoms with E-state index >= 15 is 0 Å². The normalized spacial score (nSPS) is 11.0. The molecule has 0 heterocycles. The van der Waals surface area contributed by atoms with Crippen LogP contribution in [0.25, 0.3) is 0 Å². The number of rotatable bonds is 7. The standard InChI is InChI=1S/C18H21NO3S/c1-4-14-19(16-8-6-15(3)7-9-16)23(20,21)18-12-10-17(11-13-18)22-5-2/h4,6-13H,1,5,14H2,2-3H3. The lowest BCUT2D eigenvalue weighted by molar-refractivity contribution is 0.340. The lowest BCUT2D eigenvalue weighted by Gasteiger charge is -2.23. The van der Waals surface area contributed by atoms with Crippen molar-refractivity contribution in [2.75, 3.05) is 17.5 Å². The molecule has 0 aliphatic carbocycles. The zero-order chi connectivity index (χ0) is 16.9. The molecule has 23 heavy (non-hydrogen) atoms. The van der Waals surface area contributed by atoms with Gasteiger partial charge in [0.2, 0.25) is 0 Å². The molecule has 0 radical (unpaired) electrons. The second-order valence-electron chi connectivity index (χ2n) is 5.06. The van der Waals surface area contributed by atoms with E-state index in [1.54, 1.807) is 42.5 Å². The molecule has 0 bridgehead atoms. The van der Waals surface area contributed by atoms with Gasteiger partial charge >= 0.3 is 0 Å². The third-order valence-corrected chi connectivity index (χ3v) is 5.15. The van der Waals surface area contributed by atoms with E-state index in [2.05, 4.69) is 6.58 Å². The summed E-state index contributed by atoms with van der Waals surface area (Å²) in [4.78, 5) is 0.225. The number of ether oxygens (including phenoxy) is 1. The minimum Gasteiger partial charge on any atom is -0.494 e. The quantitative estimate of drug-likeness (QED) is 0.726. The van der Waals surface area contributed by atoms with Crippen molar-refractivity contribution in [1.82, 2.24) is 0 Å². The summed E-state index contributed by atoms with van der Waals surface area (Å²) in [5, 5.41) is 0. The van der Waals surface area contributed by atoms with Gasteiger partial charge in [-0.2, -0.15) is 0 Å². The van der Waals surface area contributed by atoms with Crippen molar-refractivity contribution < 1.29 is 13.2 Å². The molecule has 0 fully saturated rings. The van der Waals surface area contributed by atoms with Crippen LogP contribution in [0.1, 0.15) is 12.5 Å². The Labute approximate surface area is 138 Å². The Hall–Kier alpha value is -2.27. The van der Waals surface area contributed by atoms with Crippen LogP contribution in [-0.2, 0) is 10.0 Å². The van der Waals surface area contributed by atoms with Gasteiger partial charge in [-0.1, -0.05) is 23.8 Å². The van der Waals surface area contributed by atoms with Gasteiger partial charge in [-0.05, 0) is 50.2 Å². The number of aryl methyl sites for hydroxylation is 1. The van der Waals surface area contributed by atoms with E-state index in [4.69, 9.17) is 4.74 Å². The van der Waals surface area contributed by atoms with Gasteiger partial charge in [0.25, 0.3) is 10.0 Å². The second kappa shape index (κ2) is 7.33. The molecule has 0 aromatic heterocycles. The Morgan fingerprint density at radius 2 is 1.70 bits per heavy atom. The highest BCUT2D eigenvalue weighted by Crippen LogP contribution is 2.25. The minimum absolute atomic E-state index is 0.207. The predicted molar refractivity (Wildman–Crippen MR) is 93.5 cm³/mol. The number of hydrogen-bond donors (Lipinski definition) is 0. The topological polar surface area (TPSA) is 46.6 Å². The molecule has 0 atom stereocenters. The van der Waals surface area contributed by atoms with Gasteiger partial charge in [0.15, 0.2) is 0 Å². The van der Waals surface area contributed by atoms with E-state index in [0.29, 0.717) is 18.0 Å². The number of anilines is 1. The molecule has 2 aromatic carbocycles. The molecule has 0 saturated heterocycles. The molecule has 0 aliphatic heterocycles. The minimum atomic E-state index is -3.65. The molecule has 2 aromatic rings. The van der Waals surface area contributed by atoms with Gasteiger partial charge in [0.1, 0.15) is 5.75 Å². The van der Waals surface area contributed by atoms with Gasteiger partial charge in [-0.15, -0.1) is 6.58 Å². The molecule has 2 rings (SSSR count). The average Bonchev–Trinajstić information content (AvgIpc) is 2.54. The number of benzene rings is 2. The maximum absolute atomic E-state index is 12.9. The van der Waals surface area contributed by atoms with Gasteiger partial charge in [-0.25, -0.2) is 8.42 Å². The molecule has 0 unspecified atom stereocenters. The molecule has 0 saturated carbocycles. The van der Waals surface area contributed by atoms with Crippen molar-refractivity contribution in [3.05, 3.63) is 66.7 Å². The first-order valence-electron chi connectivity index (χ1n) is 7.42. The number of nitrogens with zero attached hydrogens (tertiary/aromatic N) is 1. The van der Waals surface area contributed by atoms with Crippen LogP contribution in [0, 0.1) is 6.92 Å². The van der Waals surface area contributed by atoms with Gasteiger partial charge in [0.05, 0.1) is 23.7 Å². The summed E-state index contributed by atoms with van der Waals surface area (Å²) < 4.78 is 32.5. The SMILES string of the molecule is C=CCN(c1ccc(C)cc1)S(=O)(=O)c1ccc(OCC)cc1. The summed E-state index contributed by atoms with van der Waals surface area (Å²) in [6.07, 6.45) is 1.58. The maximum atomic E-state index is 12.9. The van der Waals surface area contributed by atoms with E-state index in [-0.39, 0.29) is 11.4 Å². The molecule has 0 aliphatic rings. The van der Waals surface area contributed by atoms with Crippen LogP contribution in [0.3, 0.4) is 0 Å². The third kappa shape index (κ3) is 3.93. The molecule has 5 heteroatoms. The Morgan fingerprint density at radius 1 is 1.09 bits per heavy atom. The first-order chi connectivity index (χ1) is 11.0. The molecule has 4 nitrogen and oxygen atoms in total. The highest BCUT2D eigenvalue weighted by molar-refractivity contribution is 7.92. The first-order valence-corrected chi connectivity index (χ1v) is 8.86. The molecular formula is C18H21NO3S. The summed E-state index contributed by atoms with van der Waals surface area (Å²) in [6, 6.07) is 13.8.